The summed E-state index contributed by atoms with van der Waals surface area (Å²) in [5.74, 6) is 0.885. The Labute approximate surface area is 232 Å². The van der Waals surface area contributed by atoms with Gasteiger partial charge >= 0.3 is 6.09 Å². The molecule has 0 atom stereocenters. The first-order chi connectivity index (χ1) is 18.4. The molecule has 2 aromatic rings. The Bertz CT molecular complexity index is 1120. The van der Waals surface area contributed by atoms with Gasteiger partial charge in [-0.05, 0) is 132 Å². The molecule has 1 N–H and O–H groups in total. The number of carbonyl (C=O) groups is 1. The van der Waals surface area contributed by atoms with E-state index in [1.165, 1.54) is 25.8 Å². The lowest BCUT2D eigenvalue weighted by molar-refractivity contribution is 0.0204. The van der Waals surface area contributed by atoms with E-state index in [2.05, 4.69) is 5.32 Å². The third-order valence-corrected chi connectivity index (χ3v) is 7.45. The zero-order chi connectivity index (χ0) is 28.7. The number of methoxy groups -OCH3 is 2. The van der Waals surface area contributed by atoms with Crippen LogP contribution in [0.2, 0.25) is 0 Å². The normalized spacial score (nSPS) is 16.8. The van der Waals surface area contributed by atoms with Gasteiger partial charge in [0.1, 0.15) is 5.60 Å². The molecule has 8 heteroatoms. The Morgan fingerprint density at radius 2 is 1.26 bits per heavy atom. The van der Waals surface area contributed by atoms with Crippen LogP contribution in [-0.4, -0.2) is 57.0 Å². The average Bonchev–Trinajstić information content (AvgIpc) is 2.89. The van der Waals surface area contributed by atoms with Crippen molar-refractivity contribution in [2.24, 2.45) is 0 Å². The highest BCUT2D eigenvalue weighted by Gasteiger charge is 2.28. The number of hydrogen-bond acceptors (Lipinski definition) is 5. The van der Waals surface area contributed by atoms with Gasteiger partial charge < -0.3 is 24.4 Å². The predicted octanol–water partition coefficient (Wildman–Crippen LogP) is 6.87. The summed E-state index contributed by atoms with van der Waals surface area (Å²) in [5.41, 5.74) is 3.82. The maximum atomic E-state index is 13.7. The quantitative estimate of drug-likeness (QED) is 0.454. The lowest BCUT2D eigenvalue weighted by Crippen LogP contribution is -2.41. The number of likely N-dealkylation sites (tertiary alicyclic amines) is 1. The number of benzene rings is 2. The molecule has 2 aliphatic rings. The fourth-order valence-electron chi connectivity index (χ4n) is 5.36. The summed E-state index contributed by atoms with van der Waals surface area (Å²) >= 11 is 0. The molecule has 0 unspecified atom stereocenters. The first kappa shape index (κ1) is 30.7. The van der Waals surface area contributed by atoms with E-state index >= 15 is 0 Å². The minimum absolute atomic E-state index is 0.260. The highest BCUT2D eigenvalue weighted by molar-refractivity contribution is 5.68. The summed E-state index contributed by atoms with van der Waals surface area (Å²) < 4.78 is 42.7. The van der Waals surface area contributed by atoms with Crippen molar-refractivity contribution in [1.29, 1.82) is 0 Å². The second-order valence-corrected chi connectivity index (χ2v) is 11.5. The zero-order valence-electron chi connectivity index (χ0n) is 24.5. The molecule has 6 nitrogen and oxygen atoms in total. The van der Waals surface area contributed by atoms with E-state index in [4.69, 9.17) is 14.2 Å². The molecule has 0 aliphatic carbocycles. The lowest BCUT2D eigenvalue weighted by atomic mass is 9.86. The number of halogens is 2. The van der Waals surface area contributed by atoms with Gasteiger partial charge in [0, 0.05) is 13.1 Å². The average molecular weight is 547 g/mol. The van der Waals surface area contributed by atoms with Crippen LogP contribution >= 0.6 is 0 Å². The number of rotatable bonds is 4. The molecule has 2 saturated heterocycles. The maximum absolute atomic E-state index is 13.7. The van der Waals surface area contributed by atoms with E-state index < -0.39 is 5.60 Å². The van der Waals surface area contributed by atoms with E-state index in [1.807, 2.05) is 40.7 Å². The van der Waals surface area contributed by atoms with Crippen molar-refractivity contribution in [2.75, 3.05) is 40.4 Å². The molecule has 4 rings (SSSR count). The van der Waals surface area contributed by atoms with Gasteiger partial charge in [-0.1, -0.05) is 0 Å². The number of nitrogens with one attached hydrogen (secondary N) is 1. The van der Waals surface area contributed by atoms with Gasteiger partial charge in [-0.25, -0.2) is 13.6 Å². The minimum Gasteiger partial charge on any atom is -0.494 e. The van der Waals surface area contributed by atoms with Gasteiger partial charge in [0.25, 0.3) is 0 Å². The third kappa shape index (κ3) is 8.31. The Kier molecular flexibility index (Phi) is 10.6. The number of hydrogen-bond donors (Lipinski definition) is 1. The number of amides is 1. The Balaban J connectivity index is 0.000000230. The second kappa shape index (κ2) is 13.5. The van der Waals surface area contributed by atoms with E-state index in [0.29, 0.717) is 30.7 Å². The van der Waals surface area contributed by atoms with E-state index in [-0.39, 0.29) is 23.5 Å². The highest BCUT2D eigenvalue weighted by atomic mass is 19.1. The summed E-state index contributed by atoms with van der Waals surface area (Å²) in [6.07, 6.45) is 3.67. The monoisotopic (exact) mass is 546 g/mol. The van der Waals surface area contributed by atoms with Crippen molar-refractivity contribution in [1.82, 2.24) is 10.2 Å². The standard InChI is InChI=1S/C18H26FNO3.C13H18FNO/c1-12-10-15(19)16(22-5)11-14(12)13-6-8-20(9-7-13)17(21)23-18(2,3)4;1-9-7-12(14)13(16-2)8-11(9)10-3-5-15-6-4-10/h10-11,13H,6-9H2,1-5H3;7-8,10,15H,3-6H2,1-2H3. The van der Waals surface area contributed by atoms with E-state index in [1.54, 1.807) is 17.0 Å². The SMILES string of the molecule is COc1cc(C2CCN(C(=O)OC(C)(C)C)CC2)c(C)cc1F.COc1cc(C2CCNCC2)c(C)cc1F. The molecular formula is C31H44F2N2O4. The molecule has 2 aliphatic heterocycles. The first-order valence-electron chi connectivity index (χ1n) is 13.8. The third-order valence-electron chi connectivity index (χ3n) is 7.45. The van der Waals surface area contributed by atoms with Crippen molar-refractivity contribution in [3.05, 3.63) is 58.2 Å². The first-order valence-corrected chi connectivity index (χ1v) is 13.8. The number of carbonyl (C=O) groups excluding carboxylic acids is 1. The molecule has 2 fully saturated rings. The Morgan fingerprint density at radius 3 is 1.67 bits per heavy atom. The van der Waals surface area contributed by atoms with Gasteiger partial charge in [0.15, 0.2) is 23.1 Å². The molecule has 2 aromatic carbocycles. The fourth-order valence-corrected chi connectivity index (χ4v) is 5.36. The van der Waals surface area contributed by atoms with Crippen LogP contribution in [0.15, 0.2) is 24.3 Å². The molecular weight excluding hydrogens is 502 g/mol. The molecule has 2 heterocycles. The Hall–Kier alpha value is -2.87. The van der Waals surface area contributed by atoms with Crippen LogP contribution in [0, 0.1) is 25.5 Å². The molecule has 0 bridgehead atoms. The van der Waals surface area contributed by atoms with Crippen LogP contribution in [0.25, 0.3) is 0 Å². The minimum atomic E-state index is -0.477. The van der Waals surface area contributed by atoms with Crippen LogP contribution in [0.3, 0.4) is 0 Å². The van der Waals surface area contributed by atoms with E-state index in [0.717, 1.165) is 55.5 Å². The zero-order valence-corrected chi connectivity index (χ0v) is 24.5. The summed E-state index contributed by atoms with van der Waals surface area (Å²) in [7, 11) is 2.99. The van der Waals surface area contributed by atoms with Crippen molar-refractivity contribution in [3.8, 4) is 11.5 Å². The number of piperidine rings is 2. The van der Waals surface area contributed by atoms with Crippen LogP contribution < -0.4 is 14.8 Å². The predicted molar refractivity (Wildman–Crippen MR) is 150 cm³/mol. The van der Waals surface area contributed by atoms with Crippen LogP contribution in [0.5, 0.6) is 11.5 Å². The van der Waals surface area contributed by atoms with Gasteiger partial charge in [0.2, 0.25) is 0 Å². The van der Waals surface area contributed by atoms with Gasteiger partial charge in [0.05, 0.1) is 14.2 Å². The van der Waals surface area contributed by atoms with Crippen LogP contribution in [0.1, 0.15) is 80.5 Å². The van der Waals surface area contributed by atoms with Crippen molar-refractivity contribution < 1.29 is 27.8 Å². The van der Waals surface area contributed by atoms with Crippen molar-refractivity contribution in [2.45, 2.75) is 77.7 Å². The van der Waals surface area contributed by atoms with Crippen molar-refractivity contribution >= 4 is 6.09 Å². The topological polar surface area (TPSA) is 60.0 Å². The summed E-state index contributed by atoms with van der Waals surface area (Å²) in [5, 5.41) is 3.34. The maximum Gasteiger partial charge on any atom is 0.410 e. The Morgan fingerprint density at radius 1 is 0.821 bits per heavy atom. The molecule has 216 valence electrons. The number of nitrogens with zero attached hydrogens (tertiary/aromatic N) is 1. The van der Waals surface area contributed by atoms with Crippen LogP contribution in [0.4, 0.5) is 13.6 Å². The smallest absolute Gasteiger partial charge is 0.410 e. The molecule has 0 radical (unpaired) electrons. The van der Waals surface area contributed by atoms with Gasteiger partial charge in [-0.15, -0.1) is 0 Å². The summed E-state index contributed by atoms with van der Waals surface area (Å²) in [6.45, 7) is 12.9. The lowest BCUT2D eigenvalue weighted by Gasteiger charge is -2.34. The van der Waals surface area contributed by atoms with Gasteiger partial charge in [-0.2, -0.15) is 0 Å². The largest absolute Gasteiger partial charge is 0.494 e. The molecule has 1 amide bonds. The molecule has 0 spiro atoms. The highest BCUT2D eigenvalue weighted by Crippen LogP contribution is 2.34. The fraction of sp³-hybridized carbons (Fsp3) is 0.581. The van der Waals surface area contributed by atoms with E-state index in [9.17, 15) is 13.6 Å². The summed E-state index contributed by atoms with van der Waals surface area (Å²) in [4.78, 5) is 13.9. The van der Waals surface area contributed by atoms with Gasteiger partial charge in [-0.3, -0.25) is 0 Å². The number of ether oxygens (including phenoxy) is 3. The van der Waals surface area contributed by atoms with Crippen molar-refractivity contribution in [3.63, 3.8) is 0 Å². The second-order valence-electron chi connectivity index (χ2n) is 11.5. The number of aryl methyl sites for hydroxylation is 2. The summed E-state index contributed by atoms with van der Waals surface area (Å²) in [6, 6.07) is 6.75. The van der Waals surface area contributed by atoms with Crippen LogP contribution in [-0.2, 0) is 4.74 Å². The molecule has 0 saturated carbocycles. The molecule has 39 heavy (non-hydrogen) atoms. The molecule has 0 aromatic heterocycles.